The van der Waals surface area contributed by atoms with E-state index in [0.717, 1.165) is 10.0 Å². The number of benzene rings is 1. The van der Waals surface area contributed by atoms with Crippen LogP contribution in [0, 0.1) is 0 Å². The Kier molecular flexibility index (Phi) is 2.12. The fourth-order valence-corrected chi connectivity index (χ4v) is 2.04. The van der Waals surface area contributed by atoms with Gasteiger partial charge in [-0.2, -0.15) is 0 Å². The third kappa shape index (κ3) is 1.48. The van der Waals surface area contributed by atoms with E-state index in [1.807, 2.05) is 19.1 Å². The Morgan fingerprint density at radius 2 is 2.31 bits per heavy atom. The van der Waals surface area contributed by atoms with Gasteiger partial charge in [0.25, 0.3) is 0 Å². The van der Waals surface area contributed by atoms with Crippen molar-refractivity contribution >= 4 is 21.8 Å². The number of carbonyl (C=O) groups is 1. The Morgan fingerprint density at radius 1 is 1.54 bits per heavy atom. The molecule has 1 heterocycles. The van der Waals surface area contributed by atoms with E-state index in [0.29, 0.717) is 6.54 Å². The molecule has 1 atom stereocenters. The molecule has 68 valence electrons. The van der Waals surface area contributed by atoms with Gasteiger partial charge in [0.05, 0.1) is 5.92 Å². The first-order valence-corrected chi connectivity index (χ1v) is 5.04. The van der Waals surface area contributed by atoms with Gasteiger partial charge in [-0.3, -0.25) is 4.79 Å². The molecule has 3 heteroatoms. The zero-order valence-corrected chi connectivity index (χ0v) is 8.89. The lowest BCUT2D eigenvalue weighted by Gasteiger charge is -2.22. The predicted molar refractivity (Wildman–Crippen MR) is 54.4 cm³/mol. The molecule has 0 aromatic heterocycles. The van der Waals surface area contributed by atoms with Crippen molar-refractivity contribution in [1.82, 2.24) is 5.32 Å². The van der Waals surface area contributed by atoms with Gasteiger partial charge in [0, 0.05) is 11.0 Å². The fourth-order valence-electron chi connectivity index (χ4n) is 1.63. The molecule has 0 radical (unpaired) electrons. The average molecular weight is 240 g/mol. The highest BCUT2D eigenvalue weighted by atomic mass is 79.9. The SMILES string of the molecule is C[C@@H]1C(=O)NCc2cc(Br)ccc21. The summed E-state index contributed by atoms with van der Waals surface area (Å²) in [6, 6.07) is 6.06. The number of hydrogen-bond donors (Lipinski definition) is 1. The zero-order chi connectivity index (χ0) is 9.42. The molecule has 0 saturated heterocycles. The maximum absolute atomic E-state index is 11.3. The van der Waals surface area contributed by atoms with Crippen LogP contribution in [0.25, 0.3) is 0 Å². The van der Waals surface area contributed by atoms with Crippen LogP contribution < -0.4 is 5.32 Å². The number of hydrogen-bond acceptors (Lipinski definition) is 1. The van der Waals surface area contributed by atoms with E-state index in [1.54, 1.807) is 0 Å². The van der Waals surface area contributed by atoms with Gasteiger partial charge in [-0.1, -0.05) is 22.0 Å². The van der Waals surface area contributed by atoms with Crippen molar-refractivity contribution in [2.24, 2.45) is 0 Å². The van der Waals surface area contributed by atoms with E-state index in [1.165, 1.54) is 5.56 Å². The Hall–Kier alpha value is -0.830. The molecule has 1 aromatic carbocycles. The second kappa shape index (κ2) is 3.14. The summed E-state index contributed by atoms with van der Waals surface area (Å²) in [4.78, 5) is 11.3. The first-order chi connectivity index (χ1) is 6.18. The van der Waals surface area contributed by atoms with E-state index in [4.69, 9.17) is 0 Å². The highest BCUT2D eigenvalue weighted by molar-refractivity contribution is 9.10. The van der Waals surface area contributed by atoms with Crippen LogP contribution >= 0.6 is 15.9 Å². The van der Waals surface area contributed by atoms with Gasteiger partial charge < -0.3 is 5.32 Å². The minimum absolute atomic E-state index is 0.0168. The summed E-state index contributed by atoms with van der Waals surface area (Å²) in [5.41, 5.74) is 2.36. The lowest BCUT2D eigenvalue weighted by atomic mass is 9.92. The molecule has 13 heavy (non-hydrogen) atoms. The largest absolute Gasteiger partial charge is 0.351 e. The van der Waals surface area contributed by atoms with E-state index in [2.05, 4.69) is 27.3 Å². The molecule has 2 nitrogen and oxygen atoms in total. The summed E-state index contributed by atoms with van der Waals surface area (Å²) in [5.74, 6) is 0.103. The molecule has 1 aromatic rings. The van der Waals surface area contributed by atoms with Crippen LogP contribution in [0.2, 0.25) is 0 Å². The molecular weight excluding hydrogens is 230 g/mol. The topological polar surface area (TPSA) is 29.1 Å². The third-order valence-corrected chi connectivity index (χ3v) is 2.91. The quantitative estimate of drug-likeness (QED) is 0.739. The summed E-state index contributed by atoms with van der Waals surface area (Å²) < 4.78 is 1.06. The van der Waals surface area contributed by atoms with Crippen molar-refractivity contribution in [3.8, 4) is 0 Å². The standard InChI is InChI=1S/C10H10BrNO/c1-6-9-3-2-8(11)4-7(9)5-12-10(6)13/h2-4,6H,5H2,1H3,(H,12,13)/t6-/m0/s1. The molecule has 0 saturated carbocycles. The van der Waals surface area contributed by atoms with Crippen LogP contribution in [0.3, 0.4) is 0 Å². The molecular formula is C10H10BrNO. The van der Waals surface area contributed by atoms with Gasteiger partial charge in [0.2, 0.25) is 5.91 Å². The van der Waals surface area contributed by atoms with E-state index in [-0.39, 0.29) is 11.8 Å². The summed E-state index contributed by atoms with van der Waals surface area (Å²) >= 11 is 3.41. The Labute approximate surface area is 85.5 Å². The molecule has 1 aliphatic rings. The Morgan fingerprint density at radius 3 is 3.08 bits per heavy atom. The number of halogens is 1. The first kappa shape index (κ1) is 8.75. The monoisotopic (exact) mass is 239 g/mol. The van der Waals surface area contributed by atoms with Crippen molar-refractivity contribution in [1.29, 1.82) is 0 Å². The molecule has 1 amide bonds. The van der Waals surface area contributed by atoms with Gasteiger partial charge in [-0.25, -0.2) is 0 Å². The Balaban J connectivity index is 2.49. The molecule has 0 aliphatic carbocycles. The highest BCUT2D eigenvalue weighted by Crippen LogP contribution is 2.26. The summed E-state index contributed by atoms with van der Waals surface area (Å²) in [5, 5.41) is 2.86. The molecule has 1 aliphatic heterocycles. The van der Waals surface area contributed by atoms with Gasteiger partial charge in [0.15, 0.2) is 0 Å². The van der Waals surface area contributed by atoms with Crippen LogP contribution in [0.5, 0.6) is 0 Å². The molecule has 0 spiro atoms. The number of nitrogens with one attached hydrogen (secondary N) is 1. The van der Waals surface area contributed by atoms with Gasteiger partial charge in [0.1, 0.15) is 0 Å². The van der Waals surface area contributed by atoms with Gasteiger partial charge in [-0.05, 0) is 30.2 Å². The van der Waals surface area contributed by atoms with Crippen molar-refractivity contribution < 1.29 is 4.79 Å². The number of amides is 1. The fraction of sp³-hybridized carbons (Fsp3) is 0.300. The van der Waals surface area contributed by atoms with Crippen LogP contribution in [0.4, 0.5) is 0 Å². The zero-order valence-electron chi connectivity index (χ0n) is 7.30. The van der Waals surface area contributed by atoms with Crippen molar-refractivity contribution in [2.75, 3.05) is 0 Å². The van der Waals surface area contributed by atoms with Crippen molar-refractivity contribution in [2.45, 2.75) is 19.4 Å². The second-order valence-corrected chi connectivity index (χ2v) is 4.20. The Bertz CT molecular complexity index is 362. The number of carbonyl (C=O) groups excluding carboxylic acids is 1. The predicted octanol–water partition coefficient (Wildman–Crippen LogP) is 2.18. The summed E-state index contributed by atoms with van der Waals surface area (Å²) in [6.45, 7) is 2.58. The minimum Gasteiger partial charge on any atom is -0.351 e. The molecule has 1 N–H and O–H groups in total. The average Bonchev–Trinajstić information content (AvgIpc) is 2.12. The normalized spacial score (nSPS) is 20.8. The number of fused-ring (bicyclic) bond motifs is 1. The minimum atomic E-state index is -0.0168. The third-order valence-electron chi connectivity index (χ3n) is 2.42. The highest BCUT2D eigenvalue weighted by Gasteiger charge is 2.22. The lowest BCUT2D eigenvalue weighted by Crippen LogP contribution is -2.33. The van der Waals surface area contributed by atoms with Crippen LogP contribution in [-0.4, -0.2) is 5.91 Å². The van der Waals surface area contributed by atoms with Crippen molar-refractivity contribution in [3.05, 3.63) is 33.8 Å². The summed E-state index contributed by atoms with van der Waals surface area (Å²) in [6.07, 6.45) is 0. The summed E-state index contributed by atoms with van der Waals surface area (Å²) in [7, 11) is 0. The van der Waals surface area contributed by atoms with Crippen LogP contribution in [0.1, 0.15) is 24.0 Å². The number of rotatable bonds is 0. The lowest BCUT2D eigenvalue weighted by molar-refractivity contribution is -0.122. The van der Waals surface area contributed by atoms with Crippen LogP contribution in [0.15, 0.2) is 22.7 Å². The first-order valence-electron chi connectivity index (χ1n) is 4.24. The van der Waals surface area contributed by atoms with Gasteiger partial charge in [-0.15, -0.1) is 0 Å². The van der Waals surface area contributed by atoms with Gasteiger partial charge >= 0.3 is 0 Å². The van der Waals surface area contributed by atoms with Crippen LogP contribution in [-0.2, 0) is 11.3 Å². The van der Waals surface area contributed by atoms with Crippen molar-refractivity contribution in [3.63, 3.8) is 0 Å². The molecule has 0 fully saturated rings. The molecule has 0 unspecified atom stereocenters. The maximum atomic E-state index is 11.3. The van der Waals surface area contributed by atoms with E-state index >= 15 is 0 Å². The van der Waals surface area contributed by atoms with E-state index in [9.17, 15) is 4.79 Å². The molecule has 2 rings (SSSR count). The van der Waals surface area contributed by atoms with E-state index < -0.39 is 0 Å². The second-order valence-electron chi connectivity index (χ2n) is 3.28. The smallest absolute Gasteiger partial charge is 0.227 e. The maximum Gasteiger partial charge on any atom is 0.227 e. The molecule has 0 bridgehead atoms.